The predicted octanol–water partition coefficient (Wildman–Crippen LogP) is 2.70. The molecule has 0 radical (unpaired) electrons. The second-order valence-electron chi connectivity index (χ2n) is 6.66. The Hall–Kier alpha value is -3.67. The molecule has 3 heterocycles. The number of fused-ring (bicyclic) bond motifs is 2. The zero-order chi connectivity index (χ0) is 20.5. The molecule has 0 saturated heterocycles. The van der Waals surface area contributed by atoms with E-state index in [0.717, 1.165) is 0 Å². The fourth-order valence-corrected chi connectivity index (χ4v) is 3.24. The summed E-state index contributed by atoms with van der Waals surface area (Å²) < 4.78 is 27.0. The average Bonchev–Trinajstić information content (AvgIpc) is 3.14. The average molecular weight is 395 g/mol. The van der Waals surface area contributed by atoms with Gasteiger partial charge >= 0.3 is 5.97 Å². The molecule has 0 saturated carbocycles. The highest BCUT2D eigenvalue weighted by molar-refractivity contribution is 5.95. The predicted molar refractivity (Wildman–Crippen MR) is 101 cm³/mol. The fourth-order valence-electron chi connectivity index (χ4n) is 3.24. The van der Waals surface area contributed by atoms with Gasteiger partial charge < -0.3 is 14.4 Å². The second-order valence-corrected chi connectivity index (χ2v) is 6.66. The van der Waals surface area contributed by atoms with Gasteiger partial charge in [-0.05, 0) is 32.0 Å². The lowest BCUT2D eigenvalue weighted by molar-refractivity contribution is 0.0342. The number of hydrogen-bond donors (Lipinski definition) is 0. The number of hydrogen-bond acceptors (Lipinski definition) is 7. The molecule has 0 N–H and O–H groups in total. The third-order valence-corrected chi connectivity index (χ3v) is 4.74. The molecule has 0 fully saturated rings. The lowest BCUT2D eigenvalue weighted by Crippen LogP contribution is -2.26. The number of rotatable bonds is 1. The number of nitriles is 1. The third kappa shape index (κ3) is 3.33. The van der Waals surface area contributed by atoms with E-state index in [1.165, 1.54) is 22.8 Å². The van der Waals surface area contributed by atoms with Crippen molar-refractivity contribution in [1.29, 1.82) is 5.26 Å². The number of anilines is 1. The minimum atomic E-state index is -0.615. The van der Waals surface area contributed by atoms with E-state index < -0.39 is 17.9 Å². The molecule has 4 rings (SSSR count). The Bertz CT molecular complexity index is 1140. The number of benzene rings is 1. The summed E-state index contributed by atoms with van der Waals surface area (Å²) in [6.07, 6.45) is 2.59. The molecule has 8 nitrogen and oxygen atoms in total. The van der Waals surface area contributed by atoms with Crippen LogP contribution in [0.15, 0.2) is 30.6 Å². The molecule has 1 aliphatic heterocycles. The molecule has 29 heavy (non-hydrogen) atoms. The first-order chi connectivity index (χ1) is 14.0. The number of ether oxygens (including phenoxy) is 2. The van der Waals surface area contributed by atoms with E-state index in [9.17, 15) is 14.4 Å². The van der Waals surface area contributed by atoms with Crippen molar-refractivity contribution in [3.63, 3.8) is 0 Å². The van der Waals surface area contributed by atoms with E-state index in [1.807, 2.05) is 17.9 Å². The van der Waals surface area contributed by atoms with Crippen molar-refractivity contribution in [3.8, 4) is 11.8 Å². The van der Waals surface area contributed by atoms with E-state index in [4.69, 9.17) is 9.47 Å². The molecule has 0 amide bonds. The molecule has 1 atom stereocenters. The number of halogens is 1. The lowest BCUT2D eigenvalue weighted by Gasteiger charge is -2.25. The maximum atomic E-state index is 14.3. The number of aromatic nitrogens is 3. The van der Waals surface area contributed by atoms with Crippen LogP contribution in [0.2, 0.25) is 0 Å². The molecule has 1 aromatic carbocycles. The van der Waals surface area contributed by atoms with Gasteiger partial charge in [-0.2, -0.15) is 10.4 Å². The SMILES string of the molecule is CCN1Cc2c(ccc(F)c2C#N)O[C@@H](C)COC(=O)c2cnn3ccc1nc23. The van der Waals surface area contributed by atoms with Crippen LogP contribution >= 0.6 is 0 Å². The Morgan fingerprint density at radius 1 is 1.38 bits per heavy atom. The second kappa shape index (κ2) is 7.39. The Balaban J connectivity index is 1.90. The normalized spacial score (nSPS) is 16.8. The first kappa shape index (κ1) is 18.7. The van der Waals surface area contributed by atoms with Crippen molar-refractivity contribution < 1.29 is 18.7 Å². The summed E-state index contributed by atoms with van der Waals surface area (Å²) in [5.74, 6) is -0.246. The third-order valence-electron chi connectivity index (χ3n) is 4.74. The molecule has 148 valence electrons. The first-order valence-corrected chi connectivity index (χ1v) is 9.16. The van der Waals surface area contributed by atoms with Gasteiger partial charge in [0.15, 0.2) is 5.65 Å². The Morgan fingerprint density at radius 2 is 2.21 bits per heavy atom. The molecule has 3 aromatic rings. The van der Waals surface area contributed by atoms with E-state index >= 15 is 0 Å². The summed E-state index contributed by atoms with van der Waals surface area (Å²) >= 11 is 0. The van der Waals surface area contributed by atoms with Crippen LogP contribution in [-0.4, -0.2) is 39.8 Å². The first-order valence-electron chi connectivity index (χ1n) is 9.16. The van der Waals surface area contributed by atoms with Crippen LogP contribution in [0.5, 0.6) is 5.75 Å². The molecule has 9 heteroatoms. The monoisotopic (exact) mass is 395 g/mol. The molecular formula is C20H18FN5O3. The van der Waals surface area contributed by atoms with Crippen LogP contribution in [0.25, 0.3) is 5.65 Å². The van der Waals surface area contributed by atoms with Gasteiger partial charge in [0, 0.05) is 24.8 Å². The van der Waals surface area contributed by atoms with Gasteiger partial charge in [-0.15, -0.1) is 0 Å². The number of esters is 1. The van der Waals surface area contributed by atoms with Crippen molar-refractivity contribution in [2.24, 2.45) is 0 Å². The minimum absolute atomic E-state index is 0.0218. The quantitative estimate of drug-likeness (QED) is 0.585. The maximum absolute atomic E-state index is 14.3. The Labute approximate surface area is 166 Å². The van der Waals surface area contributed by atoms with Crippen molar-refractivity contribution >= 4 is 17.4 Å². The van der Waals surface area contributed by atoms with Crippen molar-refractivity contribution in [1.82, 2.24) is 14.6 Å². The van der Waals surface area contributed by atoms with Crippen molar-refractivity contribution in [2.45, 2.75) is 26.5 Å². The minimum Gasteiger partial charge on any atom is -0.487 e. The molecule has 0 aliphatic carbocycles. The van der Waals surface area contributed by atoms with Crippen LogP contribution in [0.1, 0.15) is 35.3 Å². The van der Waals surface area contributed by atoms with Crippen molar-refractivity contribution in [3.05, 3.63) is 53.1 Å². The highest BCUT2D eigenvalue weighted by Gasteiger charge is 2.23. The number of carbonyl (C=O) groups is 1. The van der Waals surface area contributed by atoms with Gasteiger partial charge in [-0.1, -0.05) is 0 Å². The van der Waals surface area contributed by atoms with Gasteiger partial charge in [-0.25, -0.2) is 18.7 Å². The van der Waals surface area contributed by atoms with Crippen LogP contribution in [-0.2, 0) is 11.3 Å². The molecule has 1 aliphatic rings. The van der Waals surface area contributed by atoms with Crippen LogP contribution < -0.4 is 9.64 Å². The van der Waals surface area contributed by atoms with Gasteiger partial charge in [-0.3, -0.25) is 0 Å². The highest BCUT2D eigenvalue weighted by Crippen LogP contribution is 2.29. The molecule has 0 unspecified atom stereocenters. The van der Waals surface area contributed by atoms with E-state index in [0.29, 0.717) is 29.3 Å². The molecule has 2 bridgehead atoms. The Kier molecular flexibility index (Phi) is 4.76. The van der Waals surface area contributed by atoms with E-state index in [1.54, 1.807) is 19.2 Å². The largest absolute Gasteiger partial charge is 0.487 e. The smallest absolute Gasteiger partial charge is 0.343 e. The highest BCUT2D eigenvalue weighted by atomic mass is 19.1. The van der Waals surface area contributed by atoms with Gasteiger partial charge in [0.05, 0.1) is 11.8 Å². The Morgan fingerprint density at radius 3 is 2.97 bits per heavy atom. The number of nitrogens with zero attached hydrogens (tertiary/aromatic N) is 5. The number of cyclic esters (lactones) is 1. The topological polar surface area (TPSA) is 92.8 Å². The maximum Gasteiger partial charge on any atom is 0.343 e. The molecule has 0 spiro atoms. The lowest BCUT2D eigenvalue weighted by atomic mass is 10.1. The standard InChI is InChI=1S/C20H18FN5O3/c1-3-25-10-15-13(8-22)16(21)4-5-17(15)29-12(2)11-28-20(27)14-9-23-26-7-6-18(25)24-19(14)26/h4-7,9,12H,3,10-11H2,1-2H3/t12-/m0/s1. The van der Waals surface area contributed by atoms with E-state index in [-0.39, 0.29) is 24.3 Å². The summed E-state index contributed by atoms with van der Waals surface area (Å²) in [7, 11) is 0. The zero-order valence-corrected chi connectivity index (χ0v) is 15.9. The summed E-state index contributed by atoms with van der Waals surface area (Å²) in [4.78, 5) is 18.9. The van der Waals surface area contributed by atoms with E-state index in [2.05, 4.69) is 10.1 Å². The van der Waals surface area contributed by atoms with Gasteiger partial charge in [0.25, 0.3) is 0 Å². The fraction of sp³-hybridized carbons (Fsp3) is 0.300. The number of carbonyl (C=O) groups excluding carboxylic acids is 1. The van der Waals surface area contributed by atoms with Gasteiger partial charge in [0.2, 0.25) is 0 Å². The molecule has 2 aromatic heterocycles. The summed E-state index contributed by atoms with van der Waals surface area (Å²) in [6, 6.07) is 6.36. The van der Waals surface area contributed by atoms with Crippen LogP contribution in [0, 0.1) is 17.1 Å². The van der Waals surface area contributed by atoms with Crippen LogP contribution in [0.3, 0.4) is 0 Å². The van der Waals surface area contributed by atoms with Gasteiger partial charge in [0.1, 0.15) is 41.7 Å². The summed E-state index contributed by atoms with van der Waals surface area (Å²) in [5.41, 5.74) is 0.947. The molecular weight excluding hydrogens is 377 g/mol. The summed E-state index contributed by atoms with van der Waals surface area (Å²) in [5, 5.41) is 13.7. The summed E-state index contributed by atoms with van der Waals surface area (Å²) in [6.45, 7) is 4.37. The van der Waals surface area contributed by atoms with Crippen LogP contribution in [0.4, 0.5) is 10.2 Å². The van der Waals surface area contributed by atoms with Crippen molar-refractivity contribution in [2.75, 3.05) is 18.1 Å². The zero-order valence-electron chi connectivity index (χ0n) is 15.9.